The van der Waals surface area contributed by atoms with Crippen LogP contribution in [0.25, 0.3) is 0 Å². The largest absolute Gasteiger partial charge is 0.529 e. The van der Waals surface area contributed by atoms with Gasteiger partial charge in [-0.15, -0.1) is 0 Å². The van der Waals surface area contributed by atoms with E-state index in [0.717, 1.165) is 0 Å². The van der Waals surface area contributed by atoms with Gasteiger partial charge >= 0.3 is 8.80 Å². The Morgan fingerprint density at radius 1 is 1.06 bits per heavy atom. The Kier molecular flexibility index (Phi) is 7.90. The molecule has 0 aromatic heterocycles. The highest BCUT2D eigenvalue weighted by Gasteiger charge is 2.42. The summed E-state index contributed by atoms with van der Waals surface area (Å²) < 4.78 is 32.9. The molecule has 0 amide bonds. The van der Waals surface area contributed by atoms with Gasteiger partial charge in [-0.05, 0) is 20.8 Å². The molecule has 0 aromatic carbocycles. The second kappa shape index (κ2) is 7.70. The highest BCUT2D eigenvalue weighted by molar-refractivity contribution is 8.29. The fourth-order valence-corrected chi connectivity index (χ4v) is 4.78. The molecule has 0 N–H and O–H groups in total. The van der Waals surface area contributed by atoms with Crippen LogP contribution < -0.4 is 0 Å². The lowest BCUT2D eigenvalue weighted by Crippen LogP contribution is -2.51. The normalized spacial score (nSPS) is 16.0. The Morgan fingerprint density at radius 2 is 1.44 bits per heavy atom. The lowest BCUT2D eigenvalue weighted by atomic mass is 10.9. The van der Waals surface area contributed by atoms with Crippen molar-refractivity contribution in [3.05, 3.63) is 0 Å². The number of hydrogen-bond donors (Lipinski definition) is 0. The van der Waals surface area contributed by atoms with Crippen LogP contribution in [0.4, 0.5) is 0 Å². The van der Waals surface area contributed by atoms with E-state index in [1.165, 1.54) is 6.26 Å². The second-order valence-electron chi connectivity index (χ2n) is 2.95. The summed E-state index contributed by atoms with van der Waals surface area (Å²) in [7, 11) is -5.56. The average Bonchev–Trinajstić information content (AvgIpc) is 2.15. The molecule has 0 rings (SSSR count). The van der Waals surface area contributed by atoms with Gasteiger partial charge in [0.05, 0.1) is 0 Å². The van der Waals surface area contributed by atoms with Crippen LogP contribution in [-0.4, -0.2) is 45.3 Å². The molecule has 98 valence electrons. The van der Waals surface area contributed by atoms with Crippen LogP contribution in [0, 0.1) is 0 Å². The van der Waals surface area contributed by atoms with E-state index in [4.69, 9.17) is 17.5 Å². The maximum absolute atomic E-state index is 11.3. The summed E-state index contributed by atoms with van der Waals surface area (Å²) in [5, 5.41) is 0. The third kappa shape index (κ3) is 6.89. The van der Waals surface area contributed by atoms with Crippen LogP contribution in [-0.2, 0) is 37.4 Å². The standard InChI is InChI=1S/C8H20O5S2Si/c1-5-11-16(12-6-2,13-7-3)8-10-15(4,9)14/h5-8H2,1-4H3. The van der Waals surface area contributed by atoms with E-state index in [9.17, 15) is 4.21 Å². The minimum absolute atomic E-state index is 0.0291. The Hall–Kier alpha value is 0.427. The van der Waals surface area contributed by atoms with Crippen molar-refractivity contribution in [2.24, 2.45) is 0 Å². The van der Waals surface area contributed by atoms with Crippen LogP contribution >= 0.6 is 0 Å². The fourth-order valence-electron chi connectivity index (χ4n) is 1.09. The van der Waals surface area contributed by atoms with Crippen LogP contribution in [0.1, 0.15) is 20.8 Å². The van der Waals surface area contributed by atoms with E-state index in [2.05, 4.69) is 11.2 Å². The van der Waals surface area contributed by atoms with Crippen molar-refractivity contribution in [2.45, 2.75) is 20.8 Å². The smallest absolute Gasteiger partial charge is 0.372 e. The van der Waals surface area contributed by atoms with E-state index >= 15 is 0 Å². The van der Waals surface area contributed by atoms with Crippen LogP contribution in [0.5, 0.6) is 0 Å². The topological polar surface area (TPSA) is 54.0 Å². The second-order valence-corrected chi connectivity index (χ2v) is 8.93. The number of hydrogen-bond acceptors (Lipinski definition) is 6. The maximum Gasteiger partial charge on any atom is 0.529 e. The molecule has 0 aromatic rings. The predicted octanol–water partition coefficient (Wildman–Crippen LogP) is 0.882. The zero-order chi connectivity index (χ0) is 12.7. The van der Waals surface area contributed by atoms with E-state index in [0.29, 0.717) is 19.8 Å². The molecule has 1 unspecified atom stereocenters. The zero-order valence-electron chi connectivity index (χ0n) is 10.2. The first kappa shape index (κ1) is 16.4. The Labute approximate surface area is 104 Å². The van der Waals surface area contributed by atoms with Crippen LogP contribution in [0.3, 0.4) is 0 Å². The van der Waals surface area contributed by atoms with Gasteiger partial charge in [-0.2, -0.15) is 0 Å². The lowest BCUT2D eigenvalue weighted by molar-refractivity contribution is 0.0559. The van der Waals surface area contributed by atoms with Gasteiger partial charge in [0.2, 0.25) is 0 Å². The van der Waals surface area contributed by atoms with Crippen molar-refractivity contribution in [2.75, 3.05) is 32.3 Å². The molecule has 0 spiro atoms. The molecule has 0 aliphatic rings. The molecule has 0 fully saturated rings. The molecule has 0 aliphatic carbocycles. The van der Waals surface area contributed by atoms with Crippen molar-refractivity contribution < 1.29 is 21.7 Å². The molecule has 0 bridgehead atoms. The highest BCUT2D eigenvalue weighted by atomic mass is 32.8. The van der Waals surface area contributed by atoms with Crippen LogP contribution in [0.15, 0.2) is 0 Å². The van der Waals surface area contributed by atoms with Gasteiger partial charge in [-0.1, -0.05) is 0 Å². The SMILES string of the molecule is CCO[Si](COS(C)(=O)=S)(OCC)OCC. The Morgan fingerprint density at radius 3 is 1.69 bits per heavy atom. The van der Waals surface area contributed by atoms with Crippen molar-refractivity contribution in [1.82, 2.24) is 0 Å². The minimum atomic E-state index is -2.87. The summed E-state index contributed by atoms with van der Waals surface area (Å²) in [6.45, 7) is 6.90. The van der Waals surface area contributed by atoms with E-state index in [1.54, 1.807) is 0 Å². The molecule has 0 saturated carbocycles. The van der Waals surface area contributed by atoms with Gasteiger partial charge in [0.25, 0.3) is 0 Å². The third-order valence-corrected chi connectivity index (χ3v) is 5.27. The molecular weight excluding hydrogens is 268 g/mol. The first-order chi connectivity index (χ1) is 7.39. The first-order valence-corrected chi connectivity index (χ1v) is 9.90. The van der Waals surface area contributed by atoms with Gasteiger partial charge in [0.1, 0.15) is 15.0 Å². The van der Waals surface area contributed by atoms with Crippen molar-refractivity contribution in [1.29, 1.82) is 0 Å². The Bertz CT molecular complexity index is 263. The third-order valence-electron chi connectivity index (χ3n) is 1.54. The quantitative estimate of drug-likeness (QED) is 0.587. The number of rotatable bonds is 9. The van der Waals surface area contributed by atoms with E-state index in [1.807, 2.05) is 20.8 Å². The highest BCUT2D eigenvalue weighted by Crippen LogP contribution is 2.11. The zero-order valence-corrected chi connectivity index (χ0v) is 12.8. The predicted molar refractivity (Wildman–Crippen MR) is 68.0 cm³/mol. The summed E-state index contributed by atoms with van der Waals surface area (Å²) >= 11 is 4.67. The van der Waals surface area contributed by atoms with Gasteiger partial charge in [0.15, 0.2) is 0 Å². The van der Waals surface area contributed by atoms with Gasteiger partial charge in [-0.25, -0.2) is 4.21 Å². The van der Waals surface area contributed by atoms with E-state index < -0.39 is 17.6 Å². The average molecular weight is 288 g/mol. The molecule has 16 heavy (non-hydrogen) atoms. The lowest BCUT2D eigenvalue weighted by Gasteiger charge is -2.27. The molecular formula is C8H20O5S2Si. The summed E-state index contributed by atoms with van der Waals surface area (Å²) in [6, 6.07) is 0. The van der Waals surface area contributed by atoms with E-state index in [-0.39, 0.29) is 6.23 Å². The van der Waals surface area contributed by atoms with Gasteiger partial charge in [0, 0.05) is 37.3 Å². The van der Waals surface area contributed by atoms with Crippen molar-refractivity contribution in [3.8, 4) is 0 Å². The molecule has 8 heteroatoms. The fraction of sp³-hybridized carbons (Fsp3) is 1.00. The van der Waals surface area contributed by atoms with Crippen molar-refractivity contribution >= 4 is 28.8 Å². The molecule has 0 radical (unpaired) electrons. The molecule has 0 heterocycles. The summed E-state index contributed by atoms with van der Waals surface area (Å²) in [6.07, 6.45) is 1.38. The van der Waals surface area contributed by atoms with Crippen LogP contribution in [0.2, 0.25) is 0 Å². The molecule has 0 aliphatic heterocycles. The maximum atomic E-state index is 11.3. The first-order valence-electron chi connectivity index (χ1n) is 5.15. The van der Waals surface area contributed by atoms with Gasteiger partial charge in [-0.3, -0.25) is 4.18 Å². The monoisotopic (exact) mass is 288 g/mol. The van der Waals surface area contributed by atoms with Crippen molar-refractivity contribution in [3.63, 3.8) is 0 Å². The summed E-state index contributed by atoms with van der Waals surface area (Å²) in [5.41, 5.74) is 0. The van der Waals surface area contributed by atoms with Gasteiger partial charge < -0.3 is 13.3 Å². The molecule has 1 atom stereocenters. The molecule has 5 nitrogen and oxygen atoms in total. The summed E-state index contributed by atoms with van der Waals surface area (Å²) in [4.78, 5) is 0. The summed E-state index contributed by atoms with van der Waals surface area (Å²) in [5.74, 6) is 0. The molecule has 0 saturated heterocycles. The Balaban J connectivity index is 4.58. The minimum Gasteiger partial charge on any atom is -0.372 e.